The van der Waals surface area contributed by atoms with Crippen LogP contribution in [0.15, 0.2) is 28.8 Å². The van der Waals surface area contributed by atoms with E-state index in [1.165, 1.54) is 38.5 Å². The Balaban J connectivity index is 1.22. The molecule has 1 aromatic heterocycles. The molecule has 1 aliphatic heterocycles. The van der Waals surface area contributed by atoms with Crippen LogP contribution < -0.4 is 5.32 Å². The Kier molecular flexibility index (Phi) is 6.82. The molecule has 1 aromatic carbocycles. The summed E-state index contributed by atoms with van der Waals surface area (Å²) < 4.78 is 5.30. The van der Waals surface area contributed by atoms with Crippen LogP contribution in [0.4, 0.5) is 0 Å². The molecule has 0 spiro atoms. The highest BCUT2D eigenvalue weighted by Gasteiger charge is 2.29. The second-order valence-corrected chi connectivity index (χ2v) is 8.65. The van der Waals surface area contributed by atoms with E-state index in [4.69, 9.17) is 16.1 Å². The largest absolute Gasteiger partial charge is 0.352 e. The lowest BCUT2D eigenvalue weighted by molar-refractivity contribution is -0.121. The lowest BCUT2D eigenvalue weighted by Gasteiger charge is -2.26. The lowest BCUT2D eigenvalue weighted by Crippen LogP contribution is -2.39. The summed E-state index contributed by atoms with van der Waals surface area (Å²) in [4.78, 5) is 19.4. The predicted molar refractivity (Wildman–Crippen MR) is 113 cm³/mol. The van der Waals surface area contributed by atoms with E-state index < -0.39 is 0 Å². The molecule has 1 atom stereocenters. The number of carbonyl (C=O) groups excluding carboxylic acids is 1. The van der Waals surface area contributed by atoms with Gasteiger partial charge in [-0.15, -0.1) is 0 Å². The molecule has 1 saturated carbocycles. The number of hydrogen-bond acceptors (Lipinski definition) is 5. The molecule has 1 unspecified atom stereocenters. The maximum atomic E-state index is 12.4. The molecular formula is C22H29ClN4O2. The smallest absolute Gasteiger partial charge is 0.227 e. The van der Waals surface area contributed by atoms with Crippen molar-refractivity contribution in [3.63, 3.8) is 0 Å². The van der Waals surface area contributed by atoms with Crippen molar-refractivity contribution in [2.24, 2.45) is 0 Å². The number of amides is 1. The number of halogens is 1. The third-order valence-electron chi connectivity index (χ3n) is 6.06. The average Bonchev–Trinajstić information content (AvgIpc) is 3.30. The molecule has 2 aliphatic rings. The Hall–Kier alpha value is -1.92. The van der Waals surface area contributed by atoms with Crippen molar-refractivity contribution in [2.45, 2.75) is 69.9 Å². The zero-order chi connectivity index (χ0) is 20.1. The van der Waals surface area contributed by atoms with Gasteiger partial charge in [-0.1, -0.05) is 42.4 Å². The number of rotatable bonds is 6. The minimum Gasteiger partial charge on any atom is -0.352 e. The van der Waals surface area contributed by atoms with Crippen molar-refractivity contribution in [2.75, 3.05) is 13.1 Å². The van der Waals surface area contributed by atoms with Gasteiger partial charge in [0.05, 0.1) is 0 Å². The third-order valence-corrected chi connectivity index (χ3v) is 6.31. The van der Waals surface area contributed by atoms with Crippen LogP contribution in [0.25, 0.3) is 11.4 Å². The molecule has 1 N–H and O–H groups in total. The normalized spacial score (nSPS) is 21.2. The van der Waals surface area contributed by atoms with Gasteiger partial charge < -0.3 is 9.84 Å². The van der Waals surface area contributed by atoms with Gasteiger partial charge in [-0.3, -0.25) is 9.69 Å². The maximum absolute atomic E-state index is 12.4. The molecular weight excluding hydrogens is 388 g/mol. The van der Waals surface area contributed by atoms with Gasteiger partial charge in [0.15, 0.2) is 0 Å². The van der Waals surface area contributed by atoms with Crippen molar-refractivity contribution < 1.29 is 9.32 Å². The molecule has 29 heavy (non-hydrogen) atoms. The quantitative estimate of drug-likeness (QED) is 0.713. The first-order chi connectivity index (χ1) is 14.2. The number of aromatic nitrogens is 2. The Morgan fingerprint density at radius 1 is 1.14 bits per heavy atom. The molecule has 6 nitrogen and oxygen atoms in total. The second-order valence-electron chi connectivity index (χ2n) is 8.21. The summed E-state index contributed by atoms with van der Waals surface area (Å²) in [6, 6.07) is 8.26. The van der Waals surface area contributed by atoms with Crippen LogP contribution in [0, 0.1) is 0 Å². The van der Waals surface area contributed by atoms with Gasteiger partial charge in [0.2, 0.25) is 17.6 Å². The fourth-order valence-corrected chi connectivity index (χ4v) is 4.58. The summed E-state index contributed by atoms with van der Waals surface area (Å²) in [5, 5.41) is 7.86. The van der Waals surface area contributed by atoms with Crippen LogP contribution in [0.3, 0.4) is 0 Å². The Morgan fingerprint density at radius 3 is 2.66 bits per heavy atom. The average molecular weight is 417 g/mol. The van der Waals surface area contributed by atoms with E-state index in [2.05, 4.69) is 20.4 Å². The van der Waals surface area contributed by atoms with Crippen LogP contribution in [0.1, 0.15) is 57.3 Å². The molecule has 0 radical (unpaired) electrons. The van der Waals surface area contributed by atoms with Crippen molar-refractivity contribution in [3.05, 3.63) is 35.2 Å². The van der Waals surface area contributed by atoms with Gasteiger partial charge in [-0.05, 0) is 43.5 Å². The zero-order valence-corrected chi connectivity index (χ0v) is 17.5. The van der Waals surface area contributed by atoms with E-state index >= 15 is 0 Å². The molecule has 4 rings (SSSR count). The molecule has 1 saturated heterocycles. The van der Waals surface area contributed by atoms with E-state index in [0.29, 0.717) is 35.6 Å². The van der Waals surface area contributed by atoms with Gasteiger partial charge in [-0.25, -0.2) is 0 Å². The molecule has 1 aliphatic carbocycles. The standard InChI is InChI=1S/C22H29ClN4O2/c23-17-9-7-16(8-10-17)22-25-21(29-26-22)12-11-20(28)24-18-13-14-27(15-18)19-5-3-1-2-4-6-19/h7-10,18-19H,1-6,11-15H2,(H,24,28). The number of benzene rings is 1. The Morgan fingerprint density at radius 2 is 1.90 bits per heavy atom. The van der Waals surface area contributed by atoms with E-state index in [9.17, 15) is 4.79 Å². The summed E-state index contributed by atoms with van der Waals surface area (Å²) in [7, 11) is 0. The first-order valence-electron chi connectivity index (χ1n) is 10.8. The van der Waals surface area contributed by atoms with Gasteiger partial charge in [0.1, 0.15) is 0 Å². The SMILES string of the molecule is O=C(CCc1nc(-c2ccc(Cl)cc2)no1)NC1CCN(C2CCCCCC2)C1. The molecule has 1 amide bonds. The van der Waals surface area contributed by atoms with Crippen molar-refractivity contribution in [1.82, 2.24) is 20.4 Å². The fourth-order valence-electron chi connectivity index (χ4n) is 4.45. The molecule has 2 fully saturated rings. The van der Waals surface area contributed by atoms with E-state index in [0.717, 1.165) is 25.1 Å². The Labute approximate surface area is 177 Å². The van der Waals surface area contributed by atoms with Crippen molar-refractivity contribution >= 4 is 17.5 Å². The first-order valence-corrected chi connectivity index (χ1v) is 11.2. The highest BCUT2D eigenvalue weighted by Crippen LogP contribution is 2.25. The van der Waals surface area contributed by atoms with Crippen molar-refractivity contribution in [1.29, 1.82) is 0 Å². The van der Waals surface area contributed by atoms with Gasteiger partial charge in [-0.2, -0.15) is 4.98 Å². The minimum absolute atomic E-state index is 0.0592. The first kappa shape index (κ1) is 20.4. The maximum Gasteiger partial charge on any atom is 0.227 e. The number of likely N-dealkylation sites (tertiary alicyclic amines) is 1. The fraction of sp³-hybridized carbons (Fsp3) is 0.591. The van der Waals surface area contributed by atoms with E-state index in [1.54, 1.807) is 12.1 Å². The molecule has 2 heterocycles. The summed E-state index contributed by atoms with van der Waals surface area (Å²) in [5.74, 6) is 1.06. The van der Waals surface area contributed by atoms with Crippen LogP contribution in [-0.2, 0) is 11.2 Å². The van der Waals surface area contributed by atoms with E-state index in [-0.39, 0.29) is 11.9 Å². The zero-order valence-electron chi connectivity index (χ0n) is 16.8. The minimum atomic E-state index is 0.0592. The van der Waals surface area contributed by atoms with Crippen molar-refractivity contribution in [3.8, 4) is 11.4 Å². The predicted octanol–water partition coefficient (Wildman–Crippen LogP) is 4.24. The molecule has 0 bridgehead atoms. The Bertz CT molecular complexity index is 799. The summed E-state index contributed by atoms with van der Waals surface area (Å²) in [6.07, 6.45) is 9.93. The van der Waals surface area contributed by atoms with Crippen LogP contribution >= 0.6 is 11.6 Å². The number of hydrogen-bond donors (Lipinski definition) is 1. The number of nitrogens with one attached hydrogen (secondary N) is 1. The number of carbonyl (C=O) groups is 1. The van der Waals surface area contributed by atoms with Gasteiger partial charge in [0, 0.05) is 48.6 Å². The third kappa shape index (κ3) is 5.58. The summed E-state index contributed by atoms with van der Waals surface area (Å²) in [5.41, 5.74) is 0.846. The van der Waals surface area contributed by atoms with Gasteiger partial charge >= 0.3 is 0 Å². The second kappa shape index (κ2) is 9.72. The topological polar surface area (TPSA) is 71.3 Å². The molecule has 2 aromatic rings. The highest BCUT2D eigenvalue weighted by atomic mass is 35.5. The van der Waals surface area contributed by atoms with Gasteiger partial charge in [0.25, 0.3) is 0 Å². The summed E-state index contributed by atoms with van der Waals surface area (Å²) >= 11 is 5.91. The number of aryl methyl sites for hydroxylation is 1. The van der Waals surface area contributed by atoms with Crippen LogP contribution in [-0.4, -0.2) is 46.1 Å². The monoisotopic (exact) mass is 416 g/mol. The highest BCUT2D eigenvalue weighted by molar-refractivity contribution is 6.30. The molecule has 7 heteroatoms. The van der Waals surface area contributed by atoms with Crippen LogP contribution in [0.5, 0.6) is 0 Å². The van der Waals surface area contributed by atoms with Crippen LogP contribution in [0.2, 0.25) is 5.02 Å². The lowest BCUT2D eigenvalue weighted by atomic mass is 10.1. The number of nitrogens with zero attached hydrogens (tertiary/aromatic N) is 3. The summed E-state index contributed by atoms with van der Waals surface area (Å²) in [6.45, 7) is 2.08. The molecule has 156 valence electrons. The van der Waals surface area contributed by atoms with E-state index in [1.807, 2.05) is 12.1 Å².